The Kier molecular flexibility index (Phi) is 4.66. The first-order valence-corrected chi connectivity index (χ1v) is 8.10. The summed E-state index contributed by atoms with van der Waals surface area (Å²) in [5.74, 6) is 1.28. The van der Waals surface area contributed by atoms with Gasteiger partial charge in [0.15, 0.2) is 0 Å². The summed E-state index contributed by atoms with van der Waals surface area (Å²) in [5, 5.41) is 21.5. The van der Waals surface area contributed by atoms with Crippen molar-refractivity contribution in [2.24, 2.45) is 17.3 Å². The minimum absolute atomic E-state index is 0.531. The summed E-state index contributed by atoms with van der Waals surface area (Å²) in [5.41, 5.74) is -1.30. The molecule has 1 aliphatic rings. The zero-order valence-corrected chi connectivity index (χ0v) is 13.8. The third-order valence-corrected chi connectivity index (χ3v) is 5.70. The standard InChI is InChI=1S/C18H24ClNO/c1-13(2)14-8-10-18(12-20,11-9-14)17(3,21)15-6-4-5-7-16(15)19/h4-7,13-14,21H,8-11H2,1-3H3. The van der Waals surface area contributed by atoms with Crippen LogP contribution in [0.3, 0.4) is 0 Å². The first kappa shape index (κ1) is 16.3. The molecule has 2 rings (SSSR count). The molecule has 0 aliphatic heterocycles. The summed E-state index contributed by atoms with van der Waals surface area (Å²) in [6.45, 7) is 6.21. The molecule has 1 aromatic carbocycles. The summed E-state index contributed by atoms with van der Waals surface area (Å²) >= 11 is 6.26. The van der Waals surface area contributed by atoms with Gasteiger partial charge in [-0.25, -0.2) is 0 Å². The molecule has 0 spiro atoms. The number of hydrogen-bond acceptors (Lipinski definition) is 2. The predicted octanol–water partition coefficient (Wildman–Crippen LogP) is 4.90. The van der Waals surface area contributed by atoms with E-state index in [-0.39, 0.29) is 0 Å². The maximum atomic E-state index is 11.2. The number of hydrogen-bond donors (Lipinski definition) is 1. The molecule has 1 unspecified atom stereocenters. The van der Waals surface area contributed by atoms with Gasteiger partial charge in [-0.15, -0.1) is 0 Å². The number of benzene rings is 1. The molecule has 0 bridgehead atoms. The Balaban J connectivity index is 2.34. The lowest BCUT2D eigenvalue weighted by Crippen LogP contribution is -2.45. The lowest BCUT2D eigenvalue weighted by Gasteiger charge is -2.45. The fraction of sp³-hybridized carbons (Fsp3) is 0.611. The monoisotopic (exact) mass is 305 g/mol. The lowest BCUT2D eigenvalue weighted by atomic mass is 9.59. The van der Waals surface area contributed by atoms with E-state index in [1.54, 1.807) is 13.0 Å². The normalized spacial score (nSPS) is 28.9. The second-order valence-electron chi connectivity index (χ2n) is 6.83. The van der Waals surface area contributed by atoms with Crippen molar-refractivity contribution in [3.05, 3.63) is 34.9 Å². The molecule has 21 heavy (non-hydrogen) atoms. The van der Waals surface area contributed by atoms with Gasteiger partial charge in [-0.2, -0.15) is 5.26 Å². The van der Waals surface area contributed by atoms with E-state index in [9.17, 15) is 10.4 Å². The quantitative estimate of drug-likeness (QED) is 0.862. The second kappa shape index (κ2) is 5.99. The Morgan fingerprint density at radius 2 is 1.90 bits per heavy atom. The van der Waals surface area contributed by atoms with Gasteiger partial charge in [0.2, 0.25) is 0 Å². The van der Waals surface area contributed by atoms with Crippen molar-refractivity contribution in [1.82, 2.24) is 0 Å². The van der Waals surface area contributed by atoms with Crippen LogP contribution in [0.2, 0.25) is 5.02 Å². The topological polar surface area (TPSA) is 44.0 Å². The average Bonchev–Trinajstić information content (AvgIpc) is 2.47. The van der Waals surface area contributed by atoms with Crippen LogP contribution in [-0.2, 0) is 5.60 Å². The number of nitriles is 1. The van der Waals surface area contributed by atoms with Gasteiger partial charge < -0.3 is 5.11 Å². The van der Waals surface area contributed by atoms with Gasteiger partial charge in [0.1, 0.15) is 5.60 Å². The lowest BCUT2D eigenvalue weighted by molar-refractivity contribution is -0.0721. The summed E-state index contributed by atoms with van der Waals surface area (Å²) in [4.78, 5) is 0. The van der Waals surface area contributed by atoms with E-state index in [2.05, 4.69) is 19.9 Å². The van der Waals surface area contributed by atoms with E-state index in [4.69, 9.17) is 11.6 Å². The van der Waals surface area contributed by atoms with E-state index in [1.807, 2.05) is 18.2 Å². The maximum absolute atomic E-state index is 11.2. The van der Waals surface area contributed by atoms with Crippen LogP contribution in [0.25, 0.3) is 0 Å². The van der Waals surface area contributed by atoms with Gasteiger partial charge in [0.25, 0.3) is 0 Å². The highest BCUT2D eigenvalue weighted by atomic mass is 35.5. The van der Waals surface area contributed by atoms with E-state index < -0.39 is 11.0 Å². The smallest absolute Gasteiger partial charge is 0.107 e. The number of rotatable bonds is 3. The van der Waals surface area contributed by atoms with Gasteiger partial charge in [-0.3, -0.25) is 0 Å². The van der Waals surface area contributed by atoms with E-state index in [0.717, 1.165) is 25.7 Å². The summed E-state index contributed by atoms with van der Waals surface area (Å²) < 4.78 is 0. The van der Waals surface area contributed by atoms with Crippen LogP contribution >= 0.6 is 11.6 Å². The minimum atomic E-state index is -1.22. The van der Waals surface area contributed by atoms with Gasteiger partial charge >= 0.3 is 0 Å². The van der Waals surface area contributed by atoms with Crippen LogP contribution in [0.1, 0.15) is 52.0 Å². The molecular formula is C18H24ClNO. The molecular weight excluding hydrogens is 282 g/mol. The molecule has 0 radical (unpaired) electrons. The highest BCUT2D eigenvalue weighted by Crippen LogP contribution is 2.52. The second-order valence-corrected chi connectivity index (χ2v) is 7.23. The highest BCUT2D eigenvalue weighted by molar-refractivity contribution is 6.31. The summed E-state index contributed by atoms with van der Waals surface area (Å²) in [6, 6.07) is 9.74. The number of nitrogens with zero attached hydrogens (tertiary/aromatic N) is 1. The molecule has 0 heterocycles. The first-order chi connectivity index (χ1) is 9.84. The van der Waals surface area contributed by atoms with Crippen LogP contribution in [-0.4, -0.2) is 5.11 Å². The van der Waals surface area contributed by atoms with Gasteiger partial charge in [0, 0.05) is 10.6 Å². The van der Waals surface area contributed by atoms with Gasteiger partial charge in [-0.05, 0) is 50.5 Å². The van der Waals surface area contributed by atoms with Gasteiger partial charge in [0.05, 0.1) is 11.5 Å². The molecule has 1 atom stereocenters. The van der Waals surface area contributed by atoms with Crippen molar-refractivity contribution in [2.45, 2.75) is 52.1 Å². The third-order valence-electron chi connectivity index (χ3n) is 5.37. The average molecular weight is 306 g/mol. The third kappa shape index (κ3) is 2.82. The Hall–Kier alpha value is -1.04. The minimum Gasteiger partial charge on any atom is -0.384 e. The van der Waals surface area contributed by atoms with Crippen molar-refractivity contribution >= 4 is 11.6 Å². The fourth-order valence-electron chi connectivity index (χ4n) is 3.62. The molecule has 0 saturated heterocycles. The van der Waals surface area contributed by atoms with Crippen LogP contribution in [0.5, 0.6) is 0 Å². The zero-order chi connectivity index (χ0) is 15.7. The van der Waals surface area contributed by atoms with E-state index >= 15 is 0 Å². The Morgan fingerprint density at radius 1 is 1.33 bits per heavy atom. The van der Waals surface area contributed by atoms with Crippen molar-refractivity contribution in [1.29, 1.82) is 5.26 Å². The Labute approximate surface area is 132 Å². The molecule has 2 nitrogen and oxygen atoms in total. The summed E-state index contributed by atoms with van der Waals surface area (Å²) in [6.07, 6.45) is 3.44. The van der Waals surface area contributed by atoms with Gasteiger partial charge in [-0.1, -0.05) is 43.6 Å². The molecule has 0 aromatic heterocycles. The summed E-state index contributed by atoms with van der Waals surface area (Å²) in [7, 11) is 0. The SMILES string of the molecule is CC(C)C1CCC(C#N)(C(C)(O)c2ccccc2Cl)CC1. The van der Waals surface area contributed by atoms with Crippen LogP contribution in [0.4, 0.5) is 0 Å². The number of halogens is 1. The molecule has 1 aromatic rings. The Morgan fingerprint density at radius 3 is 2.38 bits per heavy atom. The van der Waals surface area contributed by atoms with Crippen LogP contribution < -0.4 is 0 Å². The van der Waals surface area contributed by atoms with Crippen molar-refractivity contribution in [3.63, 3.8) is 0 Å². The first-order valence-electron chi connectivity index (χ1n) is 7.73. The Bertz CT molecular complexity index is 536. The molecule has 3 heteroatoms. The van der Waals surface area contributed by atoms with Crippen molar-refractivity contribution in [2.75, 3.05) is 0 Å². The molecule has 1 fully saturated rings. The molecule has 1 saturated carbocycles. The molecule has 114 valence electrons. The maximum Gasteiger partial charge on any atom is 0.107 e. The predicted molar refractivity (Wildman–Crippen MR) is 85.9 cm³/mol. The van der Waals surface area contributed by atoms with Crippen LogP contribution in [0, 0.1) is 28.6 Å². The highest BCUT2D eigenvalue weighted by Gasteiger charge is 2.51. The molecule has 1 aliphatic carbocycles. The molecule has 0 amide bonds. The van der Waals surface area contributed by atoms with E-state index in [1.165, 1.54) is 0 Å². The fourth-order valence-corrected chi connectivity index (χ4v) is 3.94. The molecule has 1 N–H and O–H groups in total. The largest absolute Gasteiger partial charge is 0.384 e. The number of aliphatic hydroxyl groups is 1. The van der Waals surface area contributed by atoms with Crippen molar-refractivity contribution < 1.29 is 5.11 Å². The van der Waals surface area contributed by atoms with Crippen LogP contribution in [0.15, 0.2) is 24.3 Å². The zero-order valence-electron chi connectivity index (χ0n) is 13.1. The van der Waals surface area contributed by atoms with E-state index in [0.29, 0.717) is 22.4 Å². The van der Waals surface area contributed by atoms with Crippen molar-refractivity contribution in [3.8, 4) is 6.07 Å².